The number of nitrogens with zero attached hydrogens (tertiary/aromatic N) is 2. The minimum Gasteiger partial charge on any atom is -0.495 e. The van der Waals surface area contributed by atoms with E-state index in [0.717, 1.165) is 12.8 Å². The van der Waals surface area contributed by atoms with Crippen molar-refractivity contribution >= 4 is 57.4 Å². The van der Waals surface area contributed by atoms with Crippen LogP contribution < -0.4 is 21.1 Å². The van der Waals surface area contributed by atoms with Gasteiger partial charge in [-0.15, -0.1) is 0 Å². The number of fused-ring (bicyclic) bond motifs is 1. The maximum atomic E-state index is 13.0. The molecule has 0 saturated heterocycles. The molecule has 0 radical (unpaired) electrons. The number of rotatable bonds is 5. The van der Waals surface area contributed by atoms with Crippen molar-refractivity contribution in [3.05, 3.63) is 51.8 Å². The molecule has 1 aliphatic rings. The number of methoxy groups -OCH3 is 1. The average Bonchev–Trinajstić information content (AvgIpc) is 3.55. The summed E-state index contributed by atoms with van der Waals surface area (Å²) in [6.45, 7) is 0. The van der Waals surface area contributed by atoms with Gasteiger partial charge in [0.1, 0.15) is 22.9 Å². The van der Waals surface area contributed by atoms with Crippen molar-refractivity contribution in [2.75, 3.05) is 18.2 Å². The number of aromatic nitrogens is 2. The van der Waals surface area contributed by atoms with E-state index >= 15 is 0 Å². The van der Waals surface area contributed by atoms with Gasteiger partial charge in [0.25, 0.3) is 11.8 Å². The van der Waals surface area contributed by atoms with Gasteiger partial charge in [-0.3, -0.25) is 9.59 Å². The first-order chi connectivity index (χ1) is 14.4. The van der Waals surface area contributed by atoms with Crippen molar-refractivity contribution in [2.45, 2.75) is 18.9 Å². The van der Waals surface area contributed by atoms with Crippen molar-refractivity contribution in [1.82, 2.24) is 15.3 Å². The number of benzene rings is 2. The van der Waals surface area contributed by atoms with Crippen LogP contribution in [-0.2, 0) is 0 Å². The third-order valence-electron chi connectivity index (χ3n) is 4.72. The Bertz CT molecular complexity index is 1180. The zero-order valence-corrected chi connectivity index (χ0v) is 17.3. The number of nitrogen functional groups attached to an aromatic ring is 1. The van der Waals surface area contributed by atoms with Gasteiger partial charge < -0.3 is 21.1 Å². The molecule has 2 amide bonds. The summed E-state index contributed by atoms with van der Waals surface area (Å²) >= 11 is 12.8. The second-order valence-corrected chi connectivity index (χ2v) is 7.55. The molecule has 4 N–H and O–H groups in total. The van der Waals surface area contributed by atoms with Crippen LogP contribution in [0.25, 0.3) is 10.9 Å². The maximum absolute atomic E-state index is 13.0. The summed E-state index contributed by atoms with van der Waals surface area (Å²) in [6, 6.07) is 6.55. The number of nitrogens with one attached hydrogen (secondary N) is 2. The predicted molar refractivity (Wildman–Crippen MR) is 115 cm³/mol. The Hall–Kier alpha value is -3.10. The van der Waals surface area contributed by atoms with Gasteiger partial charge >= 0.3 is 0 Å². The monoisotopic (exact) mass is 445 g/mol. The Morgan fingerprint density at radius 2 is 1.90 bits per heavy atom. The molecule has 8 nitrogen and oxygen atoms in total. The van der Waals surface area contributed by atoms with Crippen LogP contribution in [0.1, 0.15) is 33.6 Å². The molecule has 0 atom stereocenters. The van der Waals surface area contributed by atoms with Crippen molar-refractivity contribution in [3.8, 4) is 5.75 Å². The van der Waals surface area contributed by atoms with Crippen LogP contribution in [-0.4, -0.2) is 34.9 Å². The maximum Gasteiger partial charge on any atom is 0.257 e. The molecule has 1 aromatic heterocycles. The van der Waals surface area contributed by atoms with Gasteiger partial charge in [0.2, 0.25) is 0 Å². The quantitative estimate of drug-likeness (QED) is 0.550. The Balaban J connectivity index is 1.74. The molecule has 154 valence electrons. The number of anilines is 2. The van der Waals surface area contributed by atoms with Gasteiger partial charge in [0.15, 0.2) is 0 Å². The zero-order valence-electron chi connectivity index (χ0n) is 15.8. The number of hydrogen-bond acceptors (Lipinski definition) is 6. The molecule has 0 bridgehead atoms. The number of amides is 2. The number of para-hydroxylation sites is 1. The van der Waals surface area contributed by atoms with E-state index in [1.807, 2.05) is 0 Å². The first-order valence-electron chi connectivity index (χ1n) is 9.08. The molecule has 4 rings (SSSR count). The smallest absolute Gasteiger partial charge is 0.257 e. The fourth-order valence-corrected chi connectivity index (χ4v) is 3.60. The van der Waals surface area contributed by atoms with Gasteiger partial charge in [0.05, 0.1) is 34.5 Å². The van der Waals surface area contributed by atoms with Crippen LogP contribution in [0.4, 0.5) is 11.5 Å². The number of carbonyl (C=O) groups is 2. The molecule has 2 aromatic carbocycles. The molecular formula is C20H17Cl2N5O3. The highest BCUT2D eigenvalue weighted by Gasteiger charge is 2.28. The van der Waals surface area contributed by atoms with E-state index in [-0.39, 0.29) is 50.4 Å². The lowest BCUT2D eigenvalue weighted by Crippen LogP contribution is -2.26. The molecule has 0 aliphatic heterocycles. The molecule has 1 heterocycles. The highest BCUT2D eigenvalue weighted by Crippen LogP contribution is 2.41. The van der Waals surface area contributed by atoms with Gasteiger partial charge in [-0.05, 0) is 31.0 Å². The summed E-state index contributed by atoms with van der Waals surface area (Å²) < 4.78 is 5.27. The average molecular weight is 446 g/mol. The fraction of sp³-hybridized carbons (Fsp3) is 0.200. The number of nitrogens with two attached hydrogens (primary N) is 1. The lowest BCUT2D eigenvalue weighted by atomic mass is 10.1. The molecule has 3 aromatic rings. The van der Waals surface area contributed by atoms with Crippen molar-refractivity contribution in [1.29, 1.82) is 0 Å². The third-order valence-corrected chi connectivity index (χ3v) is 5.49. The van der Waals surface area contributed by atoms with E-state index in [1.165, 1.54) is 19.5 Å². The lowest BCUT2D eigenvalue weighted by molar-refractivity contribution is 0.0949. The van der Waals surface area contributed by atoms with Crippen molar-refractivity contribution < 1.29 is 14.3 Å². The second kappa shape index (κ2) is 7.97. The Morgan fingerprint density at radius 1 is 1.13 bits per heavy atom. The van der Waals surface area contributed by atoms with Crippen LogP contribution in [0.5, 0.6) is 5.75 Å². The van der Waals surface area contributed by atoms with Crippen molar-refractivity contribution in [3.63, 3.8) is 0 Å². The van der Waals surface area contributed by atoms with E-state index in [1.54, 1.807) is 18.2 Å². The number of ether oxygens (including phenoxy) is 1. The van der Waals surface area contributed by atoms with Crippen LogP contribution in [0.3, 0.4) is 0 Å². The van der Waals surface area contributed by atoms with Crippen LogP contribution in [0, 0.1) is 0 Å². The van der Waals surface area contributed by atoms with E-state index < -0.39 is 5.91 Å². The van der Waals surface area contributed by atoms with Gasteiger partial charge in [-0.1, -0.05) is 29.3 Å². The normalized spacial score (nSPS) is 13.2. The first kappa shape index (κ1) is 20.2. The summed E-state index contributed by atoms with van der Waals surface area (Å²) in [4.78, 5) is 33.7. The summed E-state index contributed by atoms with van der Waals surface area (Å²) in [5.74, 6) is -0.420. The minimum absolute atomic E-state index is 0.0154. The van der Waals surface area contributed by atoms with Gasteiger partial charge in [-0.2, -0.15) is 0 Å². The molecule has 0 unspecified atom stereocenters. The largest absolute Gasteiger partial charge is 0.495 e. The molecule has 30 heavy (non-hydrogen) atoms. The Morgan fingerprint density at radius 3 is 2.60 bits per heavy atom. The number of carbonyl (C=O) groups excluding carboxylic acids is 2. The lowest BCUT2D eigenvalue weighted by Gasteiger charge is -2.16. The molecule has 1 fully saturated rings. The summed E-state index contributed by atoms with van der Waals surface area (Å²) in [7, 11) is 1.41. The highest BCUT2D eigenvalue weighted by atomic mass is 35.5. The summed E-state index contributed by atoms with van der Waals surface area (Å²) in [6.07, 6.45) is 3.12. The molecule has 1 saturated carbocycles. The van der Waals surface area contributed by atoms with E-state index in [9.17, 15) is 9.59 Å². The van der Waals surface area contributed by atoms with Crippen LogP contribution in [0.2, 0.25) is 10.0 Å². The minimum atomic E-state index is -0.524. The third kappa shape index (κ3) is 3.71. The summed E-state index contributed by atoms with van der Waals surface area (Å²) in [5.41, 5.74) is 6.73. The van der Waals surface area contributed by atoms with Crippen LogP contribution in [0.15, 0.2) is 30.6 Å². The first-order valence-corrected chi connectivity index (χ1v) is 9.83. The molecule has 10 heteroatoms. The highest BCUT2D eigenvalue weighted by molar-refractivity contribution is 6.43. The molecule has 0 spiro atoms. The predicted octanol–water partition coefficient (Wildman–Crippen LogP) is 3.67. The van der Waals surface area contributed by atoms with E-state index in [0.29, 0.717) is 10.9 Å². The SMILES string of the molecule is COc1cc(C(=O)NC2CC2)c(Cl)c(NC(=O)c2cccc3c(N)ncnc23)c1Cl. The van der Waals surface area contributed by atoms with Crippen molar-refractivity contribution in [2.24, 2.45) is 0 Å². The van der Waals surface area contributed by atoms with Gasteiger partial charge in [-0.25, -0.2) is 9.97 Å². The van der Waals surface area contributed by atoms with E-state index in [2.05, 4.69) is 20.6 Å². The Kier molecular flexibility index (Phi) is 5.36. The fourth-order valence-electron chi connectivity index (χ4n) is 3.00. The molecule has 1 aliphatic carbocycles. The van der Waals surface area contributed by atoms with E-state index in [4.69, 9.17) is 33.7 Å². The molecular weight excluding hydrogens is 429 g/mol. The Labute approximate surface area is 181 Å². The zero-order chi connectivity index (χ0) is 21.4. The number of hydrogen-bond donors (Lipinski definition) is 3. The van der Waals surface area contributed by atoms with Crippen LogP contribution >= 0.6 is 23.2 Å². The topological polar surface area (TPSA) is 119 Å². The van der Waals surface area contributed by atoms with Gasteiger partial charge in [0, 0.05) is 11.4 Å². The summed E-state index contributed by atoms with van der Waals surface area (Å²) in [5, 5.41) is 6.17. The standard InChI is InChI=1S/C20H17Cl2N5O3/c1-30-13-7-12(20(29)26-9-5-6-9)14(21)17(15(13)22)27-19(28)11-4-2-3-10-16(11)24-8-25-18(10)23/h2-4,7-9H,5-6H2,1H3,(H,26,29)(H,27,28)(H2,23,24,25). The second-order valence-electron chi connectivity index (χ2n) is 6.79. The number of halogens is 2.